The van der Waals surface area contributed by atoms with Crippen LogP contribution in [0.2, 0.25) is 0 Å². The predicted molar refractivity (Wildman–Crippen MR) is 55.4 cm³/mol. The van der Waals surface area contributed by atoms with Crippen LogP contribution in [0.5, 0.6) is 0 Å². The van der Waals surface area contributed by atoms with Gasteiger partial charge in [-0.05, 0) is 38.0 Å². The van der Waals surface area contributed by atoms with Crippen LogP contribution in [0.3, 0.4) is 0 Å². The topological polar surface area (TPSA) is 13.1 Å². The van der Waals surface area contributed by atoms with Crippen molar-refractivity contribution >= 4 is 22.0 Å². The summed E-state index contributed by atoms with van der Waals surface area (Å²) in [7, 11) is 0. The molecule has 0 fully saturated rings. The van der Waals surface area contributed by atoms with E-state index < -0.39 is 0 Å². The van der Waals surface area contributed by atoms with Crippen molar-refractivity contribution in [3.63, 3.8) is 0 Å². The number of hydrogen-bond donors (Lipinski definition) is 0. The molecule has 1 aromatic heterocycles. The third-order valence-electron chi connectivity index (χ3n) is 1.64. The number of alkyl halides is 1. The highest BCUT2D eigenvalue weighted by molar-refractivity contribution is 9.09. The van der Waals surface area contributed by atoms with Crippen LogP contribution in [0.1, 0.15) is 25.5 Å². The van der Waals surface area contributed by atoms with E-state index in [2.05, 4.69) is 28.9 Å². The zero-order valence-electron chi connectivity index (χ0n) is 7.22. The first kappa shape index (κ1) is 9.59. The third-order valence-corrected chi connectivity index (χ3v) is 2.20. The lowest BCUT2D eigenvalue weighted by atomic mass is 10.1. The van der Waals surface area contributed by atoms with Gasteiger partial charge in [-0.1, -0.05) is 21.5 Å². The molecule has 66 valence electrons. The highest BCUT2D eigenvalue weighted by Crippen LogP contribution is 2.11. The molecule has 1 heterocycles. The lowest BCUT2D eigenvalue weighted by Crippen LogP contribution is -1.78. The monoisotopic (exact) mass is 228 g/mol. The smallest absolute Gasteiger partial charge is 0.126 e. The van der Waals surface area contributed by atoms with Gasteiger partial charge in [0.15, 0.2) is 0 Å². The number of halogens is 1. The molecule has 0 saturated carbocycles. The second-order valence-corrected chi connectivity index (χ2v) is 3.59. The van der Waals surface area contributed by atoms with Gasteiger partial charge in [-0.15, -0.1) is 0 Å². The van der Waals surface area contributed by atoms with Crippen LogP contribution in [0.4, 0.5) is 0 Å². The SMILES string of the molecule is C/C(=C\c1ccco1)CCCBr. The second-order valence-electron chi connectivity index (χ2n) is 2.80. The van der Waals surface area contributed by atoms with Crippen molar-refractivity contribution in [1.29, 1.82) is 0 Å². The van der Waals surface area contributed by atoms with Gasteiger partial charge in [0.1, 0.15) is 5.76 Å². The van der Waals surface area contributed by atoms with E-state index in [4.69, 9.17) is 4.42 Å². The fraction of sp³-hybridized carbons (Fsp3) is 0.400. The van der Waals surface area contributed by atoms with Crippen LogP contribution in [-0.4, -0.2) is 5.33 Å². The summed E-state index contributed by atoms with van der Waals surface area (Å²) in [5, 5.41) is 1.07. The fourth-order valence-corrected chi connectivity index (χ4v) is 1.31. The van der Waals surface area contributed by atoms with Crippen molar-refractivity contribution < 1.29 is 4.42 Å². The Labute approximate surface area is 81.6 Å². The molecule has 0 aliphatic rings. The molecular formula is C10H13BrO. The third kappa shape index (κ3) is 3.26. The van der Waals surface area contributed by atoms with Crippen molar-refractivity contribution in [3.8, 4) is 0 Å². The Kier molecular flexibility index (Phi) is 4.15. The summed E-state index contributed by atoms with van der Waals surface area (Å²) in [5.41, 5.74) is 1.37. The van der Waals surface area contributed by atoms with Gasteiger partial charge in [-0.25, -0.2) is 0 Å². The molecule has 0 N–H and O–H groups in total. The lowest BCUT2D eigenvalue weighted by Gasteiger charge is -1.96. The van der Waals surface area contributed by atoms with Crippen molar-refractivity contribution in [2.45, 2.75) is 19.8 Å². The molecule has 0 unspecified atom stereocenters. The largest absolute Gasteiger partial charge is 0.465 e. The molecule has 0 bridgehead atoms. The Balaban J connectivity index is 2.46. The van der Waals surface area contributed by atoms with E-state index in [1.807, 2.05) is 12.1 Å². The van der Waals surface area contributed by atoms with E-state index >= 15 is 0 Å². The van der Waals surface area contributed by atoms with Gasteiger partial charge in [0, 0.05) is 5.33 Å². The van der Waals surface area contributed by atoms with Crippen molar-refractivity contribution in [3.05, 3.63) is 29.7 Å². The van der Waals surface area contributed by atoms with Gasteiger partial charge in [0.2, 0.25) is 0 Å². The van der Waals surface area contributed by atoms with E-state index in [-0.39, 0.29) is 0 Å². The van der Waals surface area contributed by atoms with E-state index in [0.717, 1.165) is 17.5 Å². The minimum Gasteiger partial charge on any atom is -0.465 e. The molecule has 2 heteroatoms. The molecule has 0 saturated heterocycles. The molecule has 0 atom stereocenters. The fourth-order valence-electron chi connectivity index (χ4n) is 1.03. The first-order valence-corrected chi connectivity index (χ1v) is 5.21. The number of rotatable bonds is 4. The van der Waals surface area contributed by atoms with Crippen molar-refractivity contribution in [2.75, 3.05) is 5.33 Å². The molecule has 0 aliphatic carbocycles. The van der Waals surface area contributed by atoms with Crippen LogP contribution in [0, 0.1) is 0 Å². The average Bonchev–Trinajstić information content (AvgIpc) is 2.53. The lowest BCUT2D eigenvalue weighted by molar-refractivity contribution is 0.556. The van der Waals surface area contributed by atoms with E-state index in [1.165, 1.54) is 12.0 Å². The van der Waals surface area contributed by atoms with Gasteiger partial charge in [0.05, 0.1) is 6.26 Å². The maximum atomic E-state index is 5.20. The Hall–Kier alpha value is -0.500. The summed E-state index contributed by atoms with van der Waals surface area (Å²) in [6, 6.07) is 3.88. The highest BCUT2D eigenvalue weighted by Gasteiger charge is 1.92. The highest BCUT2D eigenvalue weighted by atomic mass is 79.9. The molecule has 1 rings (SSSR count). The summed E-state index contributed by atoms with van der Waals surface area (Å²) in [6.07, 6.45) is 6.10. The summed E-state index contributed by atoms with van der Waals surface area (Å²) >= 11 is 3.41. The van der Waals surface area contributed by atoms with E-state index in [0.29, 0.717) is 0 Å². The predicted octanol–water partition coefficient (Wildman–Crippen LogP) is 3.86. The van der Waals surface area contributed by atoms with Crippen LogP contribution in [-0.2, 0) is 0 Å². The normalized spacial score (nSPS) is 12.0. The van der Waals surface area contributed by atoms with Crippen LogP contribution < -0.4 is 0 Å². The van der Waals surface area contributed by atoms with Crippen LogP contribution >= 0.6 is 15.9 Å². The van der Waals surface area contributed by atoms with E-state index in [9.17, 15) is 0 Å². The molecule has 0 aliphatic heterocycles. The molecule has 1 nitrogen and oxygen atoms in total. The zero-order chi connectivity index (χ0) is 8.81. The van der Waals surface area contributed by atoms with E-state index in [1.54, 1.807) is 6.26 Å². The zero-order valence-corrected chi connectivity index (χ0v) is 8.80. The minimum absolute atomic E-state index is 0.946. The summed E-state index contributed by atoms with van der Waals surface area (Å²) in [4.78, 5) is 0. The molecule has 0 amide bonds. The Morgan fingerprint density at radius 2 is 2.50 bits per heavy atom. The van der Waals surface area contributed by atoms with Crippen LogP contribution in [0.25, 0.3) is 6.08 Å². The molecular weight excluding hydrogens is 216 g/mol. The number of allylic oxidation sites excluding steroid dienone is 1. The van der Waals surface area contributed by atoms with Gasteiger partial charge in [-0.2, -0.15) is 0 Å². The minimum atomic E-state index is 0.946. The van der Waals surface area contributed by atoms with Gasteiger partial charge in [0.25, 0.3) is 0 Å². The summed E-state index contributed by atoms with van der Waals surface area (Å²) in [5.74, 6) is 0.946. The molecule has 0 radical (unpaired) electrons. The maximum absolute atomic E-state index is 5.20. The van der Waals surface area contributed by atoms with Gasteiger partial charge >= 0.3 is 0 Å². The number of hydrogen-bond acceptors (Lipinski definition) is 1. The quantitative estimate of drug-likeness (QED) is 0.714. The van der Waals surface area contributed by atoms with Crippen molar-refractivity contribution in [2.24, 2.45) is 0 Å². The van der Waals surface area contributed by atoms with Crippen molar-refractivity contribution in [1.82, 2.24) is 0 Å². The van der Waals surface area contributed by atoms with Gasteiger partial charge in [-0.3, -0.25) is 0 Å². The Morgan fingerprint density at radius 3 is 3.08 bits per heavy atom. The first-order chi connectivity index (χ1) is 5.83. The molecule has 0 aromatic carbocycles. The number of furan rings is 1. The maximum Gasteiger partial charge on any atom is 0.126 e. The summed E-state index contributed by atoms with van der Waals surface area (Å²) in [6.45, 7) is 2.13. The standard InChI is InChI=1S/C10H13BrO/c1-9(4-2-6-11)8-10-5-3-7-12-10/h3,5,7-8H,2,4,6H2,1H3/b9-8+. The average molecular weight is 229 g/mol. The Bertz CT molecular complexity index is 236. The Morgan fingerprint density at radius 1 is 1.67 bits per heavy atom. The first-order valence-electron chi connectivity index (χ1n) is 4.09. The van der Waals surface area contributed by atoms with Gasteiger partial charge < -0.3 is 4.42 Å². The second kappa shape index (κ2) is 5.20. The summed E-state index contributed by atoms with van der Waals surface area (Å²) < 4.78 is 5.20. The molecule has 1 aromatic rings. The molecule has 12 heavy (non-hydrogen) atoms. The van der Waals surface area contributed by atoms with Crippen LogP contribution in [0.15, 0.2) is 28.4 Å². The molecule has 0 spiro atoms.